The molecule has 0 spiro atoms. The van der Waals surface area contributed by atoms with Crippen molar-refractivity contribution >= 4 is 23.5 Å². The van der Waals surface area contributed by atoms with E-state index in [0.717, 1.165) is 50.2 Å². The molecule has 0 aromatic heterocycles. The molecule has 1 fully saturated rings. The van der Waals surface area contributed by atoms with Gasteiger partial charge in [0.2, 0.25) is 5.91 Å². The SMILES string of the molecule is COc1ccc(Cl)cc1CN1CCC[C@@H](N(CC(=O)O)C(C)=O)CC1. The quantitative estimate of drug-likeness (QED) is 0.835. The Morgan fingerprint density at radius 2 is 2.12 bits per heavy atom. The minimum Gasteiger partial charge on any atom is -0.496 e. The van der Waals surface area contributed by atoms with Gasteiger partial charge in [0.1, 0.15) is 12.3 Å². The van der Waals surface area contributed by atoms with Crippen molar-refractivity contribution in [1.29, 1.82) is 0 Å². The first-order valence-electron chi connectivity index (χ1n) is 8.44. The van der Waals surface area contributed by atoms with Gasteiger partial charge in [-0.15, -0.1) is 0 Å². The van der Waals surface area contributed by atoms with Crippen LogP contribution in [0.3, 0.4) is 0 Å². The maximum atomic E-state index is 11.8. The van der Waals surface area contributed by atoms with Gasteiger partial charge >= 0.3 is 5.97 Å². The number of hydrogen-bond acceptors (Lipinski definition) is 4. The van der Waals surface area contributed by atoms with Gasteiger partial charge in [0.15, 0.2) is 0 Å². The van der Waals surface area contributed by atoms with Gasteiger partial charge in [-0.25, -0.2) is 0 Å². The zero-order chi connectivity index (χ0) is 18.4. The number of carboxylic acids is 1. The molecule has 0 saturated carbocycles. The van der Waals surface area contributed by atoms with E-state index in [9.17, 15) is 9.59 Å². The predicted octanol–water partition coefficient (Wildman–Crippen LogP) is 2.64. The molecule has 1 heterocycles. The summed E-state index contributed by atoms with van der Waals surface area (Å²) in [7, 11) is 1.64. The van der Waals surface area contributed by atoms with Crippen molar-refractivity contribution < 1.29 is 19.4 Å². The molecule has 1 aromatic rings. The van der Waals surface area contributed by atoms with Crippen LogP contribution < -0.4 is 4.74 Å². The molecule has 25 heavy (non-hydrogen) atoms. The van der Waals surface area contributed by atoms with Gasteiger partial charge in [-0.1, -0.05) is 11.6 Å². The number of carbonyl (C=O) groups is 2. The Morgan fingerprint density at radius 3 is 2.76 bits per heavy atom. The number of carboxylic acid groups (broad SMARTS) is 1. The molecule has 0 unspecified atom stereocenters. The molecule has 1 atom stereocenters. The minimum absolute atomic E-state index is 0.0279. The van der Waals surface area contributed by atoms with Gasteiger partial charge in [-0.2, -0.15) is 0 Å². The number of ether oxygens (including phenoxy) is 1. The Kier molecular flexibility index (Phi) is 7.08. The second-order valence-electron chi connectivity index (χ2n) is 6.36. The van der Waals surface area contributed by atoms with Gasteiger partial charge in [-0.05, 0) is 44.0 Å². The molecule has 6 nitrogen and oxygen atoms in total. The third kappa shape index (κ3) is 5.61. The normalized spacial score (nSPS) is 18.4. The van der Waals surface area contributed by atoms with Crippen LogP contribution in [0, 0.1) is 0 Å². The van der Waals surface area contributed by atoms with E-state index in [1.54, 1.807) is 13.2 Å². The summed E-state index contributed by atoms with van der Waals surface area (Å²) < 4.78 is 5.40. The second-order valence-corrected chi connectivity index (χ2v) is 6.79. The number of methoxy groups -OCH3 is 1. The number of aliphatic carboxylic acids is 1. The monoisotopic (exact) mass is 368 g/mol. The highest BCUT2D eigenvalue weighted by Crippen LogP contribution is 2.26. The van der Waals surface area contributed by atoms with Gasteiger partial charge in [0.25, 0.3) is 0 Å². The molecule has 0 aliphatic carbocycles. The van der Waals surface area contributed by atoms with E-state index in [-0.39, 0.29) is 18.5 Å². The van der Waals surface area contributed by atoms with Crippen molar-refractivity contribution in [2.75, 3.05) is 26.7 Å². The number of likely N-dealkylation sites (tertiary alicyclic amines) is 1. The molecule has 0 radical (unpaired) electrons. The van der Waals surface area contributed by atoms with Crippen LogP contribution in [0.2, 0.25) is 5.02 Å². The van der Waals surface area contributed by atoms with E-state index in [4.69, 9.17) is 21.4 Å². The predicted molar refractivity (Wildman–Crippen MR) is 95.9 cm³/mol. The third-order valence-electron chi connectivity index (χ3n) is 4.58. The standard InChI is InChI=1S/C18H25ClN2O4/c1-13(22)21(12-18(23)24)16-4-3-8-20(9-7-16)11-14-10-15(19)5-6-17(14)25-2/h5-6,10,16H,3-4,7-9,11-12H2,1-2H3,(H,23,24)/t16-/m1/s1. The first kappa shape index (κ1) is 19.5. The van der Waals surface area contributed by atoms with Gasteiger partial charge in [0, 0.05) is 36.6 Å². The van der Waals surface area contributed by atoms with E-state index in [0.29, 0.717) is 5.02 Å². The first-order valence-corrected chi connectivity index (χ1v) is 8.82. The zero-order valence-corrected chi connectivity index (χ0v) is 15.5. The lowest BCUT2D eigenvalue weighted by atomic mass is 10.1. The molecule has 1 aliphatic rings. The lowest BCUT2D eigenvalue weighted by Crippen LogP contribution is -2.42. The Labute approximate surface area is 153 Å². The molecular formula is C18H25ClN2O4. The molecule has 2 rings (SSSR count). The van der Waals surface area contributed by atoms with Crippen molar-refractivity contribution in [2.24, 2.45) is 0 Å². The summed E-state index contributed by atoms with van der Waals surface area (Å²) in [5.41, 5.74) is 1.03. The van der Waals surface area contributed by atoms with E-state index in [1.807, 2.05) is 12.1 Å². The molecule has 1 N–H and O–H groups in total. The number of nitrogens with zero attached hydrogens (tertiary/aromatic N) is 2. The number of benzene rings is 1. The molecule has 1 amide bonds. The fourth-order valence-electron chi connectivity index (χ4n) is 3.36. The second kappa shape index (κ2) is 9.06. The molecular weight excluding hydrogens is 344 g/mol. The van der Waals surface area contributed by atoms with Crippen LogP contribution in [-0.2, 0) is 16.1 Å². The Bertz CT molecular complexity index is 623. The van der Waals surface area contributed by atoms with Crippen molar-refractivity contribution in [1.82, 2.24) is 9.80 Å². The van der Waals surface area contributed by atoms with E-state index >= 15 is 0 Å². The number of rotatable bonds is 6. The van der Waals surface area contributed by atoms with Crippen LogP contribution in [0.15, 0.2) is 18.2 Å². The largest absolute Gasteiger partial charge is 0.496 e. The molecule has 7 heteroatoms. The van der Waals surface area contributed by atoms with Crippen LogP contribution in [0.25, 0.3) is 0 Å². The topological polar surface area (TPSA) is 70.1 Å². The molecule has 1 aliphatic heterocycles. The summed E-state index contributed by atoms with van der Waals surface area (Å²) in [5, 5.41) is 9.71. The van der Waals surface area contributed by atoms with Gasteiger partial charge in [0.05, 0.1) is 7.11 Å². The Morgan fingerprint density at radius 1 is 1.36 bits per heavy atom. The van der Waals surface area contributed by atoms with E-state index < -0.39 is 5.97 Å². The average Bonchev–Trinajstić information content (AvgIpc) is 2.78. The minimum atomic E-state index is -0.972. The van der Waals surface area contributed by atoms with E-state index in [2.05, 4.69) is 4.90 Å². The number of amides is 1. The summed E-state index contributed by atoms with van der Waals surface area (Å²) in [6, 6.07) is 5.55. The van der Waals surface area contributed by atoms with Crippen LogP contribution >= 0.6 is 11.6 Å². The van der Waals surface area contributed by atoms with Crippen molar-refractivity contribution in [3.05, 3.63) is 28.8 Å². The average molecular weight is 369 g/mol. The van der Waals surface area contributed by atoms with Gasteiger partial charge in [-0.3, -0.25) is 14.5 Å². The third-order valence-corrected chi connectivity index (χ3v) is 4.81. The number of carbonyl (C=O) groups excluding carboxylic acids is 1. The molecule has 138 valence electrons. The first-order chi connectivity index (χ1) is 11.9. The lowest BCUT2D eigenvalue weighted by molar-refractivity contribution is -0.145. The summed E-state index contributed by atoms with van der Waals surface area (Å²) >= 11 is 6.10. The van der Waals surface area contributed by atoms with E-state index in [1.165, 1.54) is 11.8 Å². The molecule has 1 aromatic carbocycles. The molecule has 0 bridgehead atoms. The Balaban J connectivity index is 2.02. The fourth-order valence-corrected chi connectivity index (χ4v) is 3.56. The maximum absolute atomic E-state index is 11.8. The molecule has 1 saturated heterocycles. The Hall–Kier alpha value is -1.79. The lowest BCUT2D eigenvalue weighted by Gasteiger charge is -2.29. The van der Waals surface area contributed by atoms with Gasteiger partial charge < -0.3 is 14.7 Å². The van der Waals surface area contributed by atoms with Crippen molar-refractivity contribution in [3.8, 4) is 5.75 Å². The van der Waals surface area contributed by atoms with Crippen LogP contribution in [0.5, 0.6) is 5.75 Å². The zero-order valence-electron chi connectivity index (χ0n) is 14.7. The maximum Gasteiger partial charge on any atom is 0.323 e. The van der Waals surface area contributed by atoms with Crippen LogP contribution in [-0.4, -0.2) is 59.6 Å². The number of halogens is 1. The summed E-state index contributed by atoms with van der Waals surface area (Å²) in [5.74, 6) is -0.348. The highest BCUT2D eigenvalue weighted by molar-refractivity contribution is 6.30. The van der Waals surface area contributed by atoms with Crippen LogP contribution in [0.1, 0.15) is 31.7 Å². The van der Waals surface area contributed by atoms with Crippen LogP contribution in [0.4, 0.5) is 0 Å². The summed E-state index contributed by atoms with van der Waals surface area (Å²) in [6.45, 7) is 3.61. The fraction of sp³-hybridized carbons (Fsp3) is 0.556. The van der Waals surface area contributed by atoms with Crippen molar-refractivity contribution in [3.63, 3.8) is 0 Å². The summed E-state index contributed by atoms with van der Waals surface area (Å²) in [4.78, 5) is 26.6. The highest BCUT2D eigenvalue weighted by Gasteiger charge is 2.26. The number of hydrogen-bond donors (Lipinski definition) is 1. The summed E-state index contributed by atoms with van der Waals surface area (Å²) in [6.07, 6.45) is 2.49. The van der Waals surface area contributed by atoms with Crippen molar-refractivity contribution in [2.45, 2.75) is 38.8 Å². The highest BCUT2D eigenvalue weighted by atomic mass is 35.5. The smallest absolute Gasteiger partial charge is 0.323 e.